The number of carbonyl (C=O) groups is 4. The van der Waals surface area contributed by atoms with Gasteiger partial charge in [-0.05, 0) is 92.5 Å². The largest absolute Gasteiger partial charge is 0.493 e. The number of fused-ring (bicyclic) bond motifs is 3. The molecule has 0 spiro atoms. The van der Waals surface area contributed by atoms with Crippen LogP contribution in [0, 0.1) is 17.8 Å². The fourth-order valence-corrected chi connectivity index (χ4v) is 9.81. The van der Waals surface area contributed by atoms with Gasteiger partial charge in [0.05, 0.1) is 49.2 Å². The highest BCUT2D eigenvalue weighted by molar-refractivity contribution is 6.10. The molecular weight excluding hydrogens is 845 g/mol. The van der Waals surface area contributed by atoms with E-state index >= 15 is 0 Å². The van der Waals surface area contributed by atoms with Crippen molar-refractivity contribution < 1.29 is 42.9 Å². The molecule has 4 N–H and O–H groups in total. The molecule has 0 unspecified atom stereocenters. The number of nitrogens with two attached hydrogens (primary N) is 1. The second kappa shape index (κ2) is 18.0. The lowest BCUT2D eigenvalue weighted by Gasteiger charge is -2.43. The minimum absolute atomic E-state index is 0.00461. The van der Waals surface area contributed by atoms with Gasteiger partial charge >= 0.3 is 0 Å². The number of H-pyrrole nitrogens is 1. The van der Waals surface area contributed by atoms with Crippen molar-refractivity contribution in [3.05, 3.63) is 89.4 Å². The van der Waals surface area contributed by atoms with E-state index in [0.717, 1.165) is 49.8 Å². The molecule has 2 saturated carbocycles. The third-order valence-electron chi connectivity index (χ3n) is 13.6. The van der Waals surface area contributed by atoms with E-state index in [1.54, 1.807) is 54.6 Å². The number of hydrazone groups is 1. The van der Waals surface area contributed by atoms with Crippen molar-refractivity contribution in [2.24, 2.45) is 28.6 Å². The molecule has 0 radical (unpaired) electrons. The van der Waals surface area contributed by atoms with Gasteiger partial charge in [0.15, 0.2) is 23.0 Å². The Morgan fingerprint density at radius 2 is 1.65 bits per heavy atom. The molecule has 5 aromatic rings. The molecule has 2 aliphatic carbocycles. The number of likely N-dealkylation sites (tertiary alicyclic amines) is 1. The average molecular weight is 897 g/mol. The van der Waals surface area contributed by atoms with E-state index in [1.165, 1.54) is 6.33 Å². The van der Waals surface area contributed by atoms with Crippen LogP contribution in [0.5, 0.6) is 28.7 Å². The fraction of sp³-hybridized carbons (Fsp3) is 0.408. The van der Waals surface area contributed by atoms with Gasteiger partial charge in [-0.2, -0.15) is 5.10 Å². The number of amides is 4. The van der Waals surface area contributed by atoms with Crippen molar-refractivity contribution in [2.75, 3.05) is 40.7 Å². The summed E-state index contributed by atoms with van der Waals surface area (Å²) >= 11 is 0. The Balaban J connectivity index is 0.903. The number of benzene rings is 3. The number of piperidine rings is 1. The first-order valence-corrected chi connectivity index (χ1v) is 22.7. The molecule has 3 atom stereocenters. The number of primary amides is 1. The summed E-state index contributed by atoms with van der Waals surface area (Å²) in [5.74, 6) is 1.83. The van der Waals surface area contributed by atoms with E-state index < -0.39 is 17.9 Å². The van der Waals surface area contributed by atoms with Crippen LogP contribution in [-0.2, 0) is 16.0 Å². The number of methoxy groups -OCH3 is 2. The second-order valence-corrected chi connectivity index (χ2v) is 17.7. The van der Waals surface area contributed by atoms with E-state index in [2.05, 4.69) is 20.3 Å². The molecule has 4 amide bonds. The van der Waals surface area contributed by atoms with E-state index in [4.69, 9.17) is 34.5 Å². The molecule has 0 bridgehead atoms. The summed E-state index contributed by atoms with van der Waals surface area (Å²) in [4.78, 5) is 69.3. The lowest BCUT2D eigenvalue weighted by Crippen LogP contribution is -2.55. The van der Waals surface area contributed by atoms with Crippen molar-refractivity contribution in [2.45, 2.75) is 69.9 Å². The molecule has 3 fully saturated rings. The van der Waals surface area contributed by atoms with Gasteiger partial charge in [-0.25, -0.2) is 15.0 Å². The van der Waals surface area contributed by atoms with Crippen LogP contribution < -0.4 is 34.7 Å². The molecule has 342 valence electrons. The van der Waals surface area contributed by atoms with Crippen LogP contribution in [0.4, 0.5) is 0 Å². The van der Waals surface area contributed by atoms with Crippen molar-refractivity contribution >= 4 is 40.4 Å². The summed E-state index contributed by atoms with van der Waals surface area (Å²) in [6.07, 6.45) is 9.99. The average Bonchev–Trinajstić information content (AvgIpc) is 3.87. The van der Waals surface area contributed by atoms with Crippen LogP contribution in [0.25, 0.3) is 22.3 Å². The molecule has 3 aliphatic heterocycles. The van der Waals surface area contributed by atoms with E-state index in [1.807, 2.05) is 30.3 Å². The van der Waals surface area contributed by atoms with Gasteiger partial charge in [0.2, 0.25) is 24.5 Å². The van der Waals surface area contributed by atoms with Crippen molar-refractivity contribution in [1.82, 2.24) is 30.2 Å². The predicted molar refractivity (Wildman–Crippen MR) is 242 cm³/mol. The van der Waals surface area contributed by atoms with Crippen LogP contribution >= 0.6 is 0 Å². The van der Waals surface area contributed by atoms with E-state index in [-0.39, 0.29) is 48.5 Å². The number of ether oxygens (including phenoxy) is 5. The van der Waals surface area contributed by atoms with E-state index in [0.29, 0.717) is 101 Å². The fourth-order valence-electron chi connectivity index (χ4n) is 9.81. The van der Waals surface area contributed by atoms with Gasteiger partial charge in [0.1, 0.15) is 29.3 Å². The summed E-state index contributed by atoms with van der Waals surface area (Å²) in [5.41, 5.74) is 10.4. The molecule has 2 aromatic heterocycles. The standard InChI is InChI=1S/C49H52N8O9/c1-62-36-14-13-30(22-39(36)63-2)41-32-5-3-4-6-33(32)48(60)57(55-41)31-17-19-56(20-18-31)49(61)35(21-27-9-11-29(12-10-27)46(50)58)54-47(59)34-23-51-44-42(34)52-25-53-43(44)40-37(64-24-28-7-8-28)15-16-38-45(40)66-26-65-38/h9-16,22-23,25,28,31-33,35,51H,3-8,17-21,24,26H2,1-2H3,(H2,50,58)(H,54,59)/t32-,33+,35+/m0/s1. The number of carbonyl (C=O) groups excluding carboxylic acids is 4. The van der Waals surface area contributed by atoms with Gasteiger partial charge < -0.3 is 44.6 Å². The van der Waals surface area contributed by atoms with Gasteiger partial charge in [0.25, 0.3) is 5.91 Å². The van der Waals surface area contributed by atoms with Gasteiger partial charge in [-0.15, -0.1) is 0 Å². The first-order valence-electron chi connectivity index (χ1n) is 22.7. The molecular formula is C49H52N8O9. The smallest absolute Gasteiger partial charge is 0.255 e. The molecule has 5 aliphatic rings. The zero-order valence-corrected chi connectivity index (χ0v) is 36.9. The Bertz CT molecular complexity index is 2730. The summed E-state index contributed by atoms with van der Waals surface area (Å²) < 4.78 is 29.0. The Morgan fingerprint density at radius 1 is 0.894 bits per heavy atom. The third-order valence-corrected chi connectivity index (χ3v) is 13.6. The summed E-state index contributed by atoms with van der Waals surface area (Å²) in [6.45, 7) is 1.30. The van der Waals surface area contributed by atoms with Gasteiger partial charge in [0, 0.05) is 48.7 Å². The number of aromatic amines is 1. The van der Waals surface area contributed by atoms with Crippen molar-refractivity contribution in [3.63, 3.8) is 0 Å². The van der Waals surface area contributed by atoms with Gasteiger partial charge in [-0.1, -0.05) is 25.0 Å². The van der Waals surface area contributed by atoms with Crippen LogP contribution in [0.3, 0.4) is 0 Å². The number of hydrogen-bond donors (Lipinski definition) is 3. The highest BCUT2D eigenvalue weighted by Gasteiger charge is 2.44. The Morgan fingerprint density at radius 3 is 2.39 bits per heavy atom. The van der Waals surface area contributed by atoms with Crippen molar-refractivity contribution in [3.8, 4) is 40.0 Å². The van der Waals surface area contributed by atoms with Crippen LogP contribution in [0.1, 0.15) is 83.2 Å². The SMILES string of the molecule is COc1ccc(C2=NN(C3CCN(C(=O)[C@@H](Cc4ccc(C(N)=O)cc4)NC(=O)c4c[nH]c5c(-c6c(OCC7CC7)ccc7c6OCO7)ncnc45)CC3)C(=O)[C@@H]3CCCC[C@H]23)cc1OC. The predicted octanol–water partition coefficient (Wildman–Crippen LogP) is 5.64. The Kier molecular flexibility index (Phi) is 11.7. The Labute approximate surface area is 381 Å². The first-order chi connectivity index (χ1) is 32.2. The summed E-state index contributed by atoms with van der Waals surface area (Å²) in [7, 11) is 3.20. The third kappa shape index (κ3) is 8.22. The zero-order chi connectivity index (χ0) is 45.5. The van der Waals surface area contributed by atoms with Crippen LogP contribution in [-0.4, -0.2) is 107 Å². The molecule has 5 heterocycles. The molecule has 10 rings (SSSR count). The first kappa shape index (κ1) is 42.8. The van der Waals surface area contributed by atoms with Crippen LogP contribution in [0.2, 0.25) is 0 Å². The maximum Gasteiger partial charge on any atom is 0.255 e. The number of aromatic nitrogens is 3. The highest BCUT2D eigenvalue weighted by Crippen LogP contribution is 2.48. The van der Waals surface area contributed by atoms with Crippen LogP contribution in [0.15, 0.2) is 72.2 Å². The highest BCUT2D eigenvalue weighted by atomic mass is 16.7. The summed E-state index contributed by atoms with van der Waals surface area (Å²) in [5, 5.41) is 9.79. The number of nitrogens with zero attached hydrogens (tertiary/aromatic N) is 5. The quantitative estimate of drug-likeness (QED) is 0.124. The van der Waals surface area contributed by atoms with Gasteiger partial charge in [-0.3, -0.25) is 19.2 Å². The summed E-state index contributed by atoms with van der Waals surface area (Å²) in [6, 6.07) is 14.9. The monoisotopic (exact) mass is 896 g/mol. The molecule has 1 saturated heterocycles. The number of nitrogens with one attached hydrogen (secondary N) is 2. The van der Waals surface area contributed by atoms with E-state index in [9.17, 15) is 19.2 Å². The topological polar surface area (TPSA) is 213 Å². The normalized spacial score (nSPS) is 19.8. The number of rotatable bonds is 14. The lowest BCUT2D eigenvalue weighted by atomic mass is 9.73. The Hall–Kier alpha value is -7.17. The molecule has 17 heteroatoms. The number of hydrogen-bond acceptors (Lipinski definition) is 12. The minimum Gasteiger partial charge on any atom is -0.493 e. The zero-order valence-electron chi connectivity index (χ0n) is 36.9. The minimum atomic E-state index is -1.00. The maximum atomic E-state index is 14.7. The maximum absolute atomic E-state index is 14.7. The molecule has 17 nitrogen and oxygen atoms in total. The molecule has 3 aromatic carbocycles. The molecule has 66 heavy (non-hydrogen) atoms. The van der Waals surface area contributed by atoms with Crippen molar-refractivity contribution in [1.29, 1.82) is 0 Å². The second-order valence-electron chi connectivity index (χ2n) is 17.7. The lowest BCUT2D eigenvalue weighted by molar-refractivity contribution is -0.143.